The highest BCUT2D eigenvalue weighted by Gasteiger charge is 2.45. The predicted molar refractivity (Wildman–Crippen MR) is 66.4 cm³/mol. The Morgan fingerprint density at radius 3 is 2.22 bits per heavy atom. The predicted octanol–water partition coefficient (Wildman–Crippen LogP) is 0.463. The smallest absolute Gasteiger partial charge is 0.325 e. The molecule has 102 valence electrons. The maximum Gasteiger partial charge on any atom is 0.325 e. The molecular formula is C12H21N3O3. The van der Waals surface area contributed by atoms with Gasteiger partial charge in [-0.1, -0.05) is 27.7 Å². The first kappa shape index (κ1) is 14.5. The number of nitrogens with two attached hydrogens (primary N) is 1. The lowest BCUT2D eigenvalue weighted by molar-refractivity contribution is -0.135. The molecular weight excluding hydrogens is 234 g/mol. The summed E-state index contributed by atoms with van der Waals surface area (Å²) < 4.78 is 0. The molecule has 0 saturated carbocycles. The summed E-state index contributed by atoms with van der Waals surface area (Å²) in [5.41, 5.74) is 5.30. The number of primary amides is 1. The first-order valence-electron chi connectivity index (χ1n) is 6.18. The molecule has 0 aliphatic carbocycles. The van der Waals surface area contributed by atoms with Crippen LogP contribution in [0.5, 0.6) is 0 Å². The van der Waals surface area contributed by atoms with Crippen LogP contribution in [-0.4, -0.2) is 34.8 Å². The van der Waals surface area contributed by atoms with Crippen molar-refractivity contribution in [1.82, 2.24) is 10.2 Å². The average Bonchev–Trinajstić information content (AvgIpc) is 2.51. The van der Waals surface area contributed by atoms with Crippen LogP contribution < -0.4 is 11.1 Å². The van der Waals surface area contributed by atoms with Gasteiger partial charge in [-0.05, 0) is 18.3 Å². The van der Waals surface area contributed by atoms with Crippen LogP contribution in [0.3, 0.4) is 0 Å². The zero-order chi connectivity index (χ0) is 14.0. The van der Waals surface area contributed by atoms with Crippen molar-refractivity contribution >= 4 is 17.8 Å². The molecule has 0 bridgehead atoms. The first-order valence-corrected chi connectivity index (χ1v) is 6.18. The number of rotatable bonds is 5. The van der Waals surface area contributed by atoms with Crippen LogP contribution in [0.15, 0.2) is 0 Å². The molecule has 0 aromatic rings. The van der Waals surface area contributed by atoms with Crippen LogP contribution in [0, 0.1) is 11.8 Å². The molecule has 1 aliphatic rings. The minimum absolute atomic E-state index is 0.0148. The van der Waals surface area contributed by atoms with Gasteiger partial charge in [-0.3, -0.25) is 9.59 Å². The fourth-order valence-corrected chi connectivity index (χ4v) is 2.06. The van der Waals surface area contributed by atoms with Crippen molar-refractivity contribution in [3.05, 3.63) is 0 Å². The number of carbonyl (C=O) groups excluding carboxylic acids is 3. The molecule has 1 fully saturated rings. The highest BCUT2D eigenvalue weighted by molar-refractivity contribution is 6.07. The van der Waals surface area contributed by atoms with E-state index >= 15 is 0 Å². The third kappa shape index (κ3) is 2.80. The fourth-order valence-electron chi connectivity index (χ4n) is 2.06. The van der Waals surface area contributed by atoms with Gasteiger partial charge in [0, 0.05) is 0 Å². The Morgan fingerprint density at radius 2 is 1.89 bits per heavy atom. The molecule has 6 nitrogen and oxygen atoms in total. The van der Waals surface area contributed by atoms with Crippen molar-refractivity contribution in [3.63, 3.8) is 0 Å². The van der Waals surface area contributed by atoms with E-state index in [1.165, 1.54) is 0 Å². The molecule has 0 aromatic heterocycles. The number of nitrogens with zero attached hydrogens (tertiary/aromatic N) is 1. The van der Waals surface area contributed by atoms with Crippen LogP contribution in [0.25, 0.3) is 0 Å². The van der Waals surface area contributed by atoms with E-state index in [0.717, 1.165) is 4.90 Å². The van der Waals surface area contributed by atoms with Crippen molar-refractivity contribution in [2.45, 2.75) is 46.2 Å². The van der Waals surface area contributed by atoms with Gasteiger partial charge < -0.3 is 11.1 Å². The molecule has 1 saturated heterocycles. The monoisotopic (exact) mass is 255 g/mol. The number of hydrogen-bond donors (Lipinski definition) is 2. The van der Waals surface area contributed by atoms with Crippen molar-refractivity contribution in [1.29, 1.82) is 0 Å². The molecule has 2 atom stereocenters. The second-order valence-electron chi connectivity index (χ2n) is 5.43. The highest BCUT2D eigenvalue weighted by Crippen LogP contribution is 2.20. The van der Waals surface area contributed by atoms with E-state index in [2.05, 4.69) is 5.32 Å². The van der Waals surface area contributed by atoms with E-state index in [9.17, 15) is 14.4 Å². The second kappa shape index (κ2) is 5.37. The zero-order valence-corrected chi connectivity index (χ0v) is 11.3. The lowest BCUT2D eigenvalue weighted by atomic mass is 10.0. The average molecular weight is 255 g/mol. The lowest BCUT2D eigenvalue weighted by Gasteiger charge is -2.24. The molecule has 0 aromatic carbocycles. The van der Waals surface area contributed by atoms with E-state index < -0.39 is 24.0 Å². The SMILES string of the molecule is CC(C)CC(C(N)=O)N1C(=O)N[C@H](C(C)C)C1=O. The number of nitrogens with one attached hydrogen (secondary N) is 1. The summed E-state index contributed by atoms with van der Waals surface area (Å²) in [4.78, 5) is 36.3. The van der Waals surface area contributed by atoms with E-state index in [1.807, 2.05) is 27.7 Å². The Hall–Kier alpha value is -1.59. The maximum atomic E-state index is 12.1. The minimum Gasteiger partial charge on any atom is -0.368 e. The van der Waals surface area contributed by atoms with Crippen LogP contribution in [0.1, 0.15) is 34.1 Å². The summed E-state index contributed by atoms with van der Waals surface area (Å²) in [6, 6.07) is -1.95. The van der Waals surface area contributed by atoms with Crippen molar-refractivity contribution < 1.29 is 14.4 Å². The maximum absolute atomic E-state index is 12.1. The largest absolute Gasteiger partial charge is 0.368 e. The Bertz CT molecular complexity index is 366. The molecule has 18 heavy (non-hydrogen) atoms. The fraction of sp³-hybridized carbons (Fsp3) is 0.750. The molecule has 0 spiro atoms. The normalized spacial score (nSPS) is 21.7. The van der Waals surface area contributed by atoms with Gasteiger partial charge in [0.25, 0.3) is 5.91 Å². The molecule has 4 amide bonds. The minimum atomic E-state index is -0.860. The lowest BCUT2D eigenvalue weighted by Crippen LogP contribution is -2.49. The third-order valence-corrected chi connectivity index (χ3v) is 3.00. The van der Waals surface area contributed by atoms with Crippen molar-refractivity contribution in [2.75, 3.05) is 0 Å². The summed E-state index contributed by atoms with van der Waals surface area (Å²) in [5, 5.41) is 2.59. The van der Waals surface area contributed by atoms with Crippen molar-refractivity contribution in [3.8, 4) is 0 Å². The van der Waals surface area contributed by atoms with E-state index in [4.69, 9.17) is 5.73 Å². The zero-order valence-electron chi connectivity index (χ0n) is 11.3. The van der Waals surface area contributed by atoms with E-state index in [1.54, 1.807) is 0 Å². The first-order chi connectivity index (χ1) is 8.25. The van der Waals surface area contributed by atoms with Crippen LogP contribution in [0.4, 0.5) is 4.79 Å². The summed E-state index contributed by atoms with van der Waals surface area (Å²) in [6.07, 6.45) is 0.388. The third-order valence-electron chi connectivity index (χ3n) is 3.00. The summed E-state index contributed by atoms with van der Waals surface area (Å²) >= 11 is 0. The molecule has 3 N–H and O–H groups in total. The van der Waals surface area contributed by atoms with Crippen LogP contribution >= 0.6 is 0 Å². The van der Waals surface area contributed by atoms with E-state index in [-0.39, 0.29) is 17.7 Å². The van der Waals surface area contributed by atoms with Crippen molar-refractivity contribution in [2.24, 2.45) is 17.6 Å². The number of carbonyl (C=O) groups is 3. The van der Waals surface area contributed by atoms with Gasteiger partial charge in [-0.2, -0.15) is 0 Å². The number of imide groups is 1. The molecule has 0 radical (unpaired) electrons. The Kier molecular flexibility index (Phi) is 4.32. The summed E-state index contributed by atoms with van der Waals surface area (Å²) in [6.45, 7) is 7.50. The standard InChI is InChI=1S/C12H21N3O3/c1-6(2)5-8(10(13)16)15-11(17)9(7(3)4)14-12(15)18/h6-9H,5H2,1-4H3,(H2,13,16)(H,14,18)/t8?,9-/m1/s1. The van der Waals surface area contributed by atoms with Gasteiger partial charge in [-0.25, -0.2) is 9.69 Å². The molecule has 6 heteroatoms. The van der Waals surface area contributed by atoms with Gasteiger partial charge in [0.1, 0.15) is 12.1 Å². The van der Waals surface area contributed by atoms with E-state index in [0.29, 0.717) is 6.42 Å². The quantitative estimate of drug-likeness (QED) is 0.699. The Labute approximate surface area is 107 Å². The van der Waals surface area contributed by atoms with Crippen LogP contribution in [-0.2, 0) is 9.59 Å². The molecule has 1 rings (SSSR count). The van der Waals surface area contributed by atoms with Gasteiger partial charge >= 0.3 is 6.03 Å². The van der Waals surface area contributed by atoms with Crippen LogP contribution in [0.2, 0.25) is 0 Å². The number of amides is 4. The molecule has 1 unspecified atom stereocenters. The van der Waals surface area contributed by atoms with Gasteiger partial charge in [0.2, 0.25) is 5.91 Å². The van der Waals surface area contributed by atoms with Gasteiger partial charge in [0.15, 0.2) is 0 Å². The Morgan fingerprint density at radius 1 is 1.33 bits per heavy atom. The highest BCUT2D eigenvalue weighted by atomic mass is 16.2. The number of hydrogen-bond acceptors (Lipinski definition) is 3. The van der Waals surface area contributed by atoms with Gasteiger partial charge in [-0.15, -0.1) is 0 Å². The topological polar surface area (TPSA) is 92.5 Å². The second-order valence-corrected chi connectivity index (χ2v) is 5.43. The molecule has 1 heterocycles. The number of urea groups is 1. The van der Waals surface area contributed by atoms with Gasteiger partial charge in [0.05, 0.1) is 0 Å². The Balaban J connectivity index is 2.95. The summed E-state index contributed by atoms with van der Waals surface area (Å²) in [7, 11) is 0. The molecule has 1 aliphatic heterocycles. The summed E-state index contributed by atoms with van der Waals surface area (Å²) in [5.74, 6) is -0.851.